The van der Waals surface area contributed by atoms with Gasteiger partial charge >= 0.3 is 0 Å². The predicted molar refractivity (Wildman–Crippen MR) is 72.2 cm³/mol. The third-order valence-corrected chi connectivity index (χ3v) is 3.21. The molecule has 6 nitrogen and oxygen atoms in total. The molecular formula is C13H19N3O3. The largest absolute Gasteiger partial charge is 0.482 e. The fourth-order valence-electron chi connectivity index (χ4n) is 2.20. The van der Waals surface area contributed by atoms with Crippen LogP contribution in [-0.4, -0.2) is 56.0 Å². The predicted octanol–water partition coefficient (Wildman–Crippen LogP) is 0.983. The van der Waals surface area contributed by atoms with Crippen molar-refractivity contribution in [3.63, 3.8) is 0 Å². The van der Waals surface area contributed by atoms with Gasteiger partial charge in [0.25, 0.3) is 0 Å². The highest BCUT2D eigenvalue weighted by atomic mass is 16.5. The van der Waals surface area contributed by atoms with E-state index < -0.39 is 0 Å². The van der Waals surface area contributed by atoms with Gasteiger partial charge in [-0.05, 0) is 6.42 Å². The van der Waals surface area contributed by atoms with Crippen molar-refractivity contribution in [1.29, 1.82) is 0 Å². The van der Waals surface area contributed by atoms with Crippen LogP contribution in [-0.2, 0) is 14.3 Å². The van der Waals surface area contributed by atoms with Gasteiger partial charge in [0.05, 0.1) is 7.11 Å². The third-order valence-electron chi connectivity index (χ3n) is 3.21. The molecule has 19 heavy (non-hydrogen) atoms. The third kappa shape index (κ3) is 2.84. The molecule has 0 aromatic heterocycles. The van der Waals surface area contributed by atoms with Crippen LogP contribution in [0.25, 0.3) is 0 Å². The Hall–Kier alpha value is -1.69. The summed E-state index contributed by atoms with van der Waals surface area (Å²) < 4.78 is 10.9. The number of carbonyl (C=O) groups is 1. The Kier molecular flexibility index (Phi) is 4.68. The monoisotopic (exact) mass is 265 g/mol. The Morgan fingerprint density at radius 1 is 1.53 bits per heavy atom. The van der Waals surface area contributed by atoms with Crippen molar-refractivity contribution in [1.82, 2.24) is 4.90 Å². The molecule has 0 aromatic rings. The molecule has 104 valence electrons. The quantitative estimate of drug-likeness (QED) is 0.530. The number of aldehydes is 1. The number of fused-ring (bicyclic) bond motifs is 1. The molecule has 2 aliphatic heterocycles. The standard InChI is InChI=1S/C13H19N3O3/c1-3-4-5-19-9-16-6-10(7-17)11-12(16)13(18-2)15-8-14-11/h6-8,11-12H,3-5,9H2,1-2H3. The van der Waals surface area contributed by atoms with E-state index in [-0.39, 0.29) is 12.1 Å². The van der Waals surface area contributed by atoms with Gasteiger partial charge in [0, 0.05) is 18.4 Å². The number of hydrogen-bond donors (Lipinski definition) is 0. The Bertz CT molecular complexity index is 417. The molecule has 0 N–H and O–H groups in total. The van der Waals surface area contributed by atoms with Crippen molar-refractivity contribution in [2.45, 2.75) is 31.8 Å². The summed E-state index contributed by atoms with van der Waals surface area (Å²) in [6.45, 7) is 3.24. The molecule has 2 rings (SSSR count). The molecule has 2 atom stereocenters. The summed E-state index contributed by atoms with van der Waals surface area (Å²) in [6, 6.07) is -0.406. The van der Waals surface area contributed by atoms with Crippen molar-refractivity contribution in [3.05, 3.63) is 11.8 Å². The maximum atomic E-state index is 11.1. The van der Waals surface area contributed by atoms with Gasteiger partial charge in [0.1, 0.15) is 31.4 Å². The molecule has 0 spiro atoms. The fraction of sp³-hybridized carbons (Fsp3) is 0.615. The lowest BCUT2D eigenvalue weighted by Crippen LogP contribution is -2.45. The van der Waals surface area contributed by atoms with Gasteiger partial charge in [0.2, 0.25) is 5.90 Å². The van der Waals surface area contributed by atoms with E-state index in [1.54, 1.807) is 13.3 Å². The minimum atomic E-state index is -0.236. The van der Waals surface area contributed by atoms with Gasteiger partial charge in [0.15, 0.2) is 0 Å². The van der Waals surface area contributed by atoms with Crippen LogP contribution in [0.1, 0.15) is 19.8 Å². The number of nitrogens with zero attached hydrogens (tertiary/aromatic N) is 3. The summed E-state index contributed by atoms with van der Waals surface area (Å²) >= 11 is 0. The summed E-state index contributed by atoms with van der Waals surface area (Å²) in [7, 11) is 1.57. The molecule has 0 saturated carbocycles. The lowest BCUT2D eigenvalue weighted by atomic mass is 10.0. The molecule has 0 bridgehead atoms. The van der Waals surface area contributed by atoms with E-state index in [0.717, 1.165) is 19.1 Å². The maximum absolute atomic E-state index is 11.1. The van der Waals surface area contributed by atoms with Crippen LogP contribution in [0.2, 0.25) is 0 Å². The number of methoxy groups -OCH3 is 1. The Balaban J connectivity index is 2.05. The van der Waals surface area contributed by atoms with Crippen LogP contribution in [0, 0.1) is 0 Å². The van der Waals surface area contributed by atoms with Crippen molar-refractivity contribution in [2.75, 3.05) is 20.4 Å². The van der Waals surface area contributed by atoms with Gasteiger partial charge in [-0.25, -0.2) is 4.99 Å². The first-order valence-corrected chi connectivity index (χ1v) is 6.45. The van der Waals surface area contributed by atoms with Gasteiger partial charge in [-0.3, -0.25) is 9.79 Å². The first kappa shape index (κ1) is 13.7. The minimum Gasteiger partial charge on any atom is -0.482 e. The van der Waals surface area contributed by atoms with Crippen LogP contribution in [0.15, 0.2) is 21.8 Å². The van der Waals surface area contributed by atoms with Crippen LogP contribution in [0.3, 0.4) is 0 Å². The van der Waals surface area contributed by atoms with E-state index in [0.29, 0.717) is 24.8 Å². The summed E-state index contributed by atoms with van der Waals surface area (Å²) in [4.78, 5) is 21.4. The molecule has 0 saturated heterocycles. The topological polar surface area (TPSA) is 63.5 Å². The second kappa shape index (κ2) is 6.47. The van der Waals surface area contributed by atoms with Crippen molar-refractivity contribution >= 4 is 18.5 Å². The molecule has 2 unspecified atom stereocenters. The zero-order valence-electron chi connectivity index (χ0n) is 11.3. The molecule has 2 heterocycles. The van der Waals surface area contributed by atoms with Crippen LogP contribution < -0.4 is 0 Å². The lowest BCUT2D eigenvalue weighted by molar-refractivity contribution is -0.105. The normalized spacial score (nSPS) is 24.8. The first-order valence-electron chi connectivity index (χ1n) is 6.45. The van der Waals surface area contributed by atoms with Crippen LogP contribution in [0.4, 0.5) is 0 Å². The zero-order chi connectivity index (χ0) is 13.7. The first-order chi connectivity index (χ1) is 9.31. The molecule has 6 heteroatoms. The maximum Gasteiger partial charge on any atom is 0.215 e. The van der Waals surface area contributed by atoms with Gasteiger partial charge in [-0.2, -0.15) is 0 Å². The number of ether oxygens (including phenoxy) is 2. The van der Waals surface area contributed by atoms with E-state index in [2.05, 4.69) is 16.9 Å². The van der Waals surface area contributed by atoms with E-state index in [9.17, 15) is 4.79 Å². The van der Waals surface area contributed by atoms with E-state index in [1.807, 2.05) is 4.90 Å². The average Bonchev–Trinajstić information content (AvgIpc) is 2.82. The molecule has 0 radical (unpaired) electrons. The SMILES string of the molecule is CCCCOCN1C=C(C=O)C2N=CN=C(OC)C21. The Morgan fingerprint density at radius 2 is 2.37 bits per heavy atom. The summed E-state index contributed by atoms with van der Waals surface area (Å²) in [5, 5.41) is 0. The number of carbonyl (C=O) groups excluding carboxylic acids is 1. The second-order valence-corrected chi connectivity index (χ2v) is 4.48. The highest BCUT2D eigenvalue weighted by Crippen LogP contribution is 2.27. The van der Waals surface area contributed by atoms with Gasteiger partial charge < -0.3 is 14.4 Å². The van der Waals surface area contributed by atoms with Crippen molar-refractivity contribution in [3.8, 4) is 0 Å². The average molecular weight is 265 g/mol. The molecular weight excluding hydrogens is 246 g/mol. The van der Waals surface area contributed by atoms with Crippen molar-refractivity contribution < 1.29 is 14.3 Å². The summed E-state index contributed by atoms with van der Waals surface area (Å²) in [5.41, 5.74) is 0.629. The summed E-state index contributed by atoms with van der Waals surface area (Å²) in [5.74, 6) is 0.562. The molecule has 0 fully saturated rings. The fourth-order valence-corrected chi connectivity index (χ4v) is 2.20. The number of unbranched alkanes of at least 4 members (excludes halogenated alkanes) is 1. The van der Waals surface area contributed by atoms with E-state index >= 15 is 0 Å². The van der Waals surface area contributed by atoms with Crippen molar-refractivity contribution in [2.24, 2.45) is 9.98 Å². The highest BCUT2D eigenvalue weighted by molar-refractivity contribution is 5.94. The van der Waals surface area contributed by atoms with Gasteiger partial charge in [-0.1, -0.05) is 13.3 Å². The summed E-state index contributed by atoms with van der Waals surface area (Å²) in [6.07, 6.45) is 6.18. The van der Waals surface area contributed by atoms with Gasteiger partial charge in [-0.15, -0.1) is 0 Å². The molecule has 0 aliphatic carbocycles. The smallest absolute Gasteiger partial charge is 0.215 e. The molecule has 0 amide bonds. The van der Waals surface area contributed by atoms with Crippen LogP contribution >= 0.6 is 0 Å². The number of hydrogen-bond acceptors (Lipinski definition) is 6. The van der Waals surface area contributed by atoms with E-state index in [4.69, 9.17) is 9.47 Å². The minimum absolute atomic E-state index is 0.170. The Labute approximate surface area is 112 Å². The lowest BCUT2D eigenvalue weighted by Gasteiger charge is -2.29. The number of aliphatic imine (C=N–C) groups is 2. The van der Waals surface area contributed by atoms with E-state index in [1.165, 1.54) is 6.34 Å². The highest BCUT2D eigenvalue weighted by Gasteiger charge is 2.40. The Morgan fingerprint density at radius 3 is 3.05 bits per heavy atom. The molecule has 2 aliphatic rings. The zero-order valence-corrected chi connectivity index (χ0v) is 11.3. The molecule has 0 aromatic carbocycles. The second-order valence-electron chi connectivity index (χ2n) is 4.48. The number of rotatable bonds is 6. The van der Waals surface area contributed by atoms with Crippen LogP contribution in [0.5, 0.6) is 0 Å².